The molecule has 1 aliphatic rings. The molecule has 4 rings (SSSR count). The maximum absolute atomic E-state index is 13.0. The summed E-state index contributed by atoms with van der Waals surface area (Å²) in [6, 6.07) is 6.35. The van der Waals surface area contributed by atoms with E-state index < -0.39 is 17.5 Å². The van der Waals surface area contributed by atoms with Crippen molar-refractivity contribution in [3.63, 3.8) is 0 Å². The van der Waals surface area contributed by atoms with Crippen molar-refractivity contribution in [3.8, 4) is 10.4 Å². The standard InChI is InChI=1S/C25H28F3N5O3S/c1-16-12-17(14-18(13-16)31-23-29-8-5-20(32-23)25(26,27)28)19-15-30-22(37-19)24(35)6-10-33(11-7-24)9-3-4-21(34)36-2/h5,8,12-15,35H,3-4,6-7,9-11H2,1-2H3,(H,29,31,32). The lowest BCUT2D eigenvalue weighted by Gasteiger charge is -2.36. The number of likely N-dealkylation sites (tertiary alicyclic amines) is 1. The van der Waals surface area contributed by atoms with Gasteiger partial charge in [-0.15, -0.1) is 11.3 Å². The number of halogens is 3. The van der Waals surface area contributed by atoms with Gasteiger partial charge in [-0.1, -0.05) is 6.07 Å². The van der Waals surface area contributed by atoms with E-state index in [1.54, 1.807) is 18.3 Å². The van der Waals surface area contributed by atoms with Crippen molar-refractivity contribution in [1.29, 1.82) is 0 Å². The lowest BCUT2D eigenvalue weighted by molar-refractivity contribution is -0.141. The van der Waals surface area contributed by atoms with E-state index in [2.05, 4.69) is 29.9 Å². The molecule has 1 aliphatic heterocycles. The first-order chi connectivity index (χ1) is 17.6. The zero-order valence-corrected chi connectivity index (χ0v) is 21.3. The number of carbonyl (C=O) groups is 1. The van der Waals surface area contributed by atoms with Crippen LogP contribution >= 0.6 is 11.3 Å². The van der Waals surface area contributed by atoms with Gasteiger partial charge in [-0.25, -0.2) is 15.0 Å². The smallest absolute Gasteiger partial charge is 0.433 e. The molecule has 8 nitrogen and oxygen atoms in total. The number of anilines is 2. The van der Waals surface area contributed by atoms with Crippen LogP contribution in [0.4, 0.5) is 24.8 Å². The van der Waals surface area contributed by atoms with Gasteiger partial charge < -0.3 is 20.1 Å². The Bertz CT molecular complexity index is 1240. The second-order valence-electron chi connectivity index (χ2n) is 9.06. The number of aryl methyl sites for hydroxylation is 1. The minimum atomic E-state index is -4.56. The molecule has 12 heteroatoms. The van der Waals surface area contributed by atoms with Crippen LogP contribution in [0.5, 0.6) is 0 Å². The Morgan fingerprint density at radius 1 is 1.24 bits per heavy atom. The molecule has 0 amide bonds. The highest BCUT2D eigenvalue weighted by atomic mass is 32.1. The quantitative estimate of drug-likeness (QED) is 0.393. The summed E-state index contributed by atoms with van der Waals surface area (Å²) in [6.07, 6.45) is 0.366. The van der Waals surface area contributed by atoms with Gasteiger partial charge in [0.05, 0.1) is 12.0 Å². The molecule has 0 bridgehead atoms. The lowest BCUT2D eigenvalue weighted by atomic mass is 9.92. The first-order valence-corrected chi connectivity index (χ1v) is 12.6. The molecule has 0 atom stereocenters. The Balaban J connectivity index is 1.44. The van der Waals surface area contributed by atoms with E-state index in [4.69, 9.17) is 0 Å². The van der Waals surface area contributed by atoms with Crippen LogP contribution in [0.3, 0.4) is 0 Å². The number of hydrogen-bond acceptors (Lipinski definition) is 9. The summed E-state index contributed by atoms with van der Waals surface area (Å²) in [5, 5.41) is 14.8. The van der Waals surface area contributed by atoms with Gasteiger partial charge in [-0.05, 0) is 62.1 Å². The Morgan fingerprint density at radius 2 is 2.00 bits per heavy atom. The Morgan fingerprint density at radius 3 is 2.70 bits per heavy atom. The van der Waals surface area contributed by atoms with Gasteiger partial charge in [0.2, 0.25) is 5.95 Å². The number of ether oxygens (including phenoxy) is 1. The van der Waals surface area contributed by atoms with Gasteiger partial charge >= 0.3 is 12.1 Å². The fourth-order valence-electron chi connectivity index (χ4n) is 4.24. The topological polar surface area (TPSA) is 100 Å². The number of methoxy groups -OCH3 is 1. The number of nitrogens with zero attached hydrogens (tertiary/aromatic N) is 4. The normalized spacial score (nSPS) is 15.9. The van der Waals surface area contributed by atoms with Crippen molar-refractivity contribution in [2.45, 2.75) is 44.4 Å². The molecule has 3 heterocycles. The maximum atomic E-state index is 13.0. The van der Waals surface area contributed by atoms with E-state index >= 15 is 0 Å². The van der Waals surface area contributed by atoms with Gasteiger partial charge in [0, 0.05) is 37.6 Å². The number of carbonyl (C=O) groups excluding carboxylic acids is 1. The molecule has 37 heavy (non-hydrogen) atoms. The Hall–Kier alpha value is -3.09. The molecule has 1 aromatic carbocycles. The summed E-state index contributed by atoms with van der Waals surface area (Å²) < 4.78 is 43.7. The Labute approximate surface area is 216 Å². The number of nitrogens with one attached hydrogen (secondary N) is 1. The molecular formula is C25H28F3N5O3S. The number of thiazole rings is 1. The molecular weight excluding hydrogens is 507 g/mol. The molecule has 0 unspecified atom stereocenters. The summed E-state index contributed by atoms with van der Waals surface area (Å²) in [7, 11) is 1.38. The highest BCUT2D eigenvalue weighted by Crippen LogP contribution is 2.39. The summed E-state index contributed by atoms with van der Waals surface area (Å²) in [5.74, 6) is -0.371. The van der Waals surface area contributed by atoms with Gasteiger partial charge in [0.15, 0.2) is 0 Å². The van der Waals surface area contributed by atoms with E-state index in [1.165, 1.54) is 18.4 Å². The van der Waals surface area contributed by atoms with Gasteiger partial charge in [-0.3, -0.25) is 4.79 Å². The fourth-order valence-corrected chi connectivity index (χ4v) is 5.28. The average Bonchev–Trinajstić information content (AvgIpc) is 3.36. The van der Waals surface area contributed by atoms with Gasteiger partial charge in [-0.2, -0.15) is 13.2 Å². The third kappa shape index (κ3) is 6.82. The van der Waals surface area contributed by atoms with Crippen LogP contribution in [-0.4, -0.2) is 57.7 Å². The highest BCUT2D eigenvalue weighted by molar-refractivity contribution is 7.15. The van der Waals surface area contributed by atoms with E-state index in [0.29, 0.717) is 49.5 Å². The SMILES string of the molecule is COC(=O)CCCN1CCC(O)(c2ncc(-c3cc(C)cc(Nc4nccc(C(F)(F)F)n4)c3)s2)CC1. The molecule has 3 aromatic rings. The molecule has 0 spiro atoms. The lowest BCUT2D eigenvalue weighted by Crippen LogP contribution is -2.42. The summed E-state index contributed by atoms with van der Waals surface area (Å²) in [5.41, 5.74) is 0.206. The third-order valence-corrected chi connectivity index (χ3v) is 7.47. The van der Waals surface area contributed by atoms with Crippen LogP contribution in [-0.2, 0) is 21.3 Å². The fraction of sp³-hybridized carbons (Fsp3) is 0.440. The molecule has 0 aliphatic carbocycles. The highest BCUT2D eigenvalue weighted by Gasteiger charge is 2.36. The van der Waals surface area contributed by atoms with Crippen LogP contribution in [0, 0.1) is 6.92 Å². The number of piperidine rings is 1. The summed E-state index contributed by atoms with van der Waals surface area (Å²) >= 11 is 1.40. The molecule has 2 N–H and O–H groups in total. The number of aliphatic hydroxyl groups is 1. The summed E-state index contributed by atoms with van der Waals surface area (Å²) in [4.78, 5) is 26.3. The molecule has 1 saturated heterocycles. The van der Waals surface area contributed by atoms with Crippen molar-refractivity contribution < 1.29 is 27.8 Å². The first-order valence-electron chi connectivity index (χ1n) is 11.8. The maximum Gasteiger partial charge on any atom is 0.433 e. The van der Waals surface area contributed by atoms with Crippen molar-refractivity contribution >= 4 is 28.9 Å². The summed E-state index contributed by atoms with van der Waals surface area (Å²) in [6.45, 7) is 4.04. The molecule has 2 aromatic heterocycles. The van der Waals surface area contributed by atoms with Crippen LogP contribution in [0.1, 0.15) is 41.9 Å². The molecule has 0 saturated carbocycles. The van der Waals surface area contributed by atoms with Crippen molar-refractivity contribution in [1.82, 2.24) is 19.9 Å². The zero-order valence-electron chi connectivity index (χ0n) is 20.5. The van der Waals surface area contributed by atoms with Crippen molar-refractivity contribution in [2.75, 3.05) is 32.1 Å². The molecule has 198 valence electrons. The Kier molecular flexibility index (Phi) is 8.10. The van der Waals surface area contributed by atoms with E-state index in [-0.39, 0.29) is 11.9 Å². The average molecular weight is 536 g/mol. The number of alkyl halides is 3. The largest absolute Gasteiger partial charge is 0.469 e. The predicted octanol–water partition coefficient (Wildman–Crippen LogP) is 4.91. The number of aromatic nitrogens is 3. The second kappa shape index (κ2) is 11.1. The van der Waals surface area contributed by atoms with E-state index in [1.807, 2.05) is 13.0 Å². The van der Waals surface area contributed by atoms with E-state index in [0.717, 1.165) is 34.8 Å². The van der Waals surface area contributed by atoms with Crippen LogP contribution in [0.2, 0.25) is 0 Å². The number of hydrogen-bond donors (Lipinski definition) is 2. The van der Waals surface area contributed by atoms with Crippen LogP contribution < -0.4 is 5.32 Å². The minimum absolute atomic E-state index is 0.149. The molecule has 0 radical (unpaired) electrons. The minimum Gasteiger partial charge on any atom is -0.469 e. The van der Waals surface area contributed by atoms with Gasteiger partial charge in [0.1, 0.15) is 16.3 Å². The monoisotopic (exact) mass is 535 g/mol. The van der Waals surface area contributed by atoms with E-state index in [9.17, 15) is 23.1 Å². The molecule has 1 fully saturated rings. The number of rotatable bonds is 8. The van der Waals surface area contributed by atoms with Gasteiger partial charge in [0.25, 0.3) is 0 Å². The van der Waals surface area contributed by atoms with Crippen LogP contribution in [0.15, 0.2) is 36.7 Å². The predicted molar refractivity (Wildman–Crippen MR) is 133 cm³/mol. The second-order valence-corrected chi connectivity index (χ2v) is 10.1. The van der Waals surface area contributed by atoms with Crippen molar-refractivity contribution in [3.05, 3.63) is 52.9 Å². The zero-order chi connectivity index (χ0) is 26.6. The van der Waals surface area contributed by atoms with Crippen molar-refractivity contribution in [2.24, 2.45) is 0 Å². The first kappa shape index (κ1) is 27.0. The number of benzene rings is 1. The van der Waals surface area contributed by atoms with Crippen LogP contribution in [0.25, 0.3) is 10.4 Å². The third-order valence-electron chi connectivity index (χ3n) is 6.23. The number of esters is 1.